The molecule has 0 radical (unpaired) electrons. The maximum absolute atomic E-state index is 4.40. The second-order valence-electron chi connectivity index (χ2n) is 3.78. The summed E-state index contributed by atoms with van der Waals surface area (Å²) in [7, 11) is 0. The smallest absolute Gasteiger partial charge is 0.165 e. The molecule has 0 aliphatic rings. The van der Waals surface area contributed by atoms with E-state index < -0.39 is 0 Å². The van der Waals surface area contributed by atoms with E-state index in [9.17, 15) is 0 Å². The minimum Gasteiger partial charge on any atom is -0.280 e. The topological polar surface area (TPSA) is 56.0 Å². The molecule has 0 fully saturated rings. The number of pyridine rings is 2. The zero-order valence-electron chi connectivity index (χ0n) is 8.78. The summed E-state index contributed by atoms with van der Waals surface area (Å²) in [6, 6.07) is 3.91. The quantitative estimate of drug-likeness (QED) is 0.425. The van der Waals surface area contributed by atoms with Crippen LogP contribution in [-0.4, -0.2) is 24.3 Å². The first kappa shape index (κ1) is 8.58. The Morgan fingerprint density at radius 3 is 2.82 bits per heavy atom. The SMILES string of the molecule is c1cnc2c(c1)c1nccnc1n1cncc21. The van der Waals surface area contributed by atoms with E-state index in [0.717, 1.165) is 27.6 Å². The van der Waals surface area contributed by atoms with Crippen molar-refractivity contribution in [2.75, 3.05) is 0 Å². The number of nitrogens with zero attached hydrogens (tertiary/aromatic N) is 5. The molecule has 4 aromatic heterocycles. The second kappa shape index (κ2) is 2.98. The lowest BCUT2D eigenvalue weighted by molar-refractivity contribution is 1.14. The number of aromatic nitrogens is 5. The average molecular weight is 221 g/mol. The molecule has 0 aromatic carbocycles. The van der Waals surface area contributed by atoms with E-state index in [1.54, 1.807) is 31.1 Å². The third-order valence-electron chi connectivity index (χ3n) is 2.85. The van der Waals surface area contributed by atoms with Crippen molar-refractivity contribution in [3.8, 4) is 0 Å². The Hall–Kier alpha value is -2.56. The standard InChI is InChI=1S/C12H7N5/c1-2-8-10(14-3-1)9-6-13-7-17(9)12-11(8)15-4-5-16-12/h1-7H. The molecular formula is C12H7N5. The van der Waals surface area contributed by atoms with Crippen molar-refractivity contribution in [1.29, 1.82) is 0 Å². The third-order valence-corrected chi connectivity index (χ3v) is 2.85. The van der Waals surface area contributed by atoms with Crippen LogP contribution in [0.15, 0.2) is 43.2 Å². The van der Waals surface area contributed by atoms with Crippen LogP contribution in [0, 0.1) is 0 Å². The molecule has 0 aliphatic carbocycles. The van der Waals surface area contributed by atoms with Crippen LogP contribution in [0.2, 0.25) is 0 Å². The molecule has 4 heterocycles. The van der Waals surface area contributed by atoms with Crippen LogP contribution in [0.1, 0.15) is 0 Å². The fraction of sp³-hybridized carbons (Fsp3) is 0. The van der Waals surface area contributed by atoms with E-state index in [-0.39, 0.29) is 0 Å². The van der Waals surface area contributed by atoms with E-state index in [1.165, 1.54) is 0 Å². The van der Waals surface area contributed by atoms with Gasteiger partial charge < -0.3 is 0 Å². The van der Waals surface area contributed by atoms with Crippen LogP contribution >= 0.6 is 0 Å². The molecule has 0 atom stereocenters. The summed E-state index contributed by atoms with van der Waals surface area (Å²) >= 11 is 0. The Bertz CT molecular complexity index is 779. The lowest BCUT2D eigenvalue weighted by atomic mass is 10.2. The van der Waals surface area contributed by atoms with Crippen LogP contribution in [-0.2, 0) is 0 Å². The van der Waals surface area contributed by atoms with Crippen molar-refractivity contribution < 1.29 is 0 Å². The van der Waals surface area contributed by atoms with Crippen molar-refractivity contribution in [2.24, 2.45) is 0 Å². The summed E-state index contributed by atoms with van der Waals surface area (Å²) in [6.45, 7) is 0. The highest BCUT2D eigenvalue weighted by Gasteiger charge is 2.10. The fourth-order valence-corrected chi connectivity index (χ4v) is 2.14. The molecule has 0 aliphatic heterocycles. The zero-order valence-corrected chi connectivity index (χ0v) is 8.78. The van der Waals surface area contributed by atoms with Gasteiger partial charge in [0.2, 0.25) is 0 Å². The number of fused-ring (bicyclic) bond motifs is 6. The molecule has 17 heavy (non-hydrogen) atoms. The molecule has 0 saturated carbocycles. The second-order valence-corrected chi connectivity index (χ2v) is 3.78. The molecular weight excluding hydrogens is 214 g/mol. The molecule has 80 valence electrons. The fourth-order valence-electron chi connectivity index (χ4n) is 2.14. The van der Waals surface area contributed by atoms with Gasteiger partial charge in [0, 0.05) is 24.0 Å². The van der Waals surface area contributed by atoms with E-state index >= 15 is 0 Å². The minimum atomic E-state index is 0.806. The summed E-state index contributed by atoms with van der Waals surface area (Å²) in [5.74, 6) is 0. The molecule has 0 unspecified atom stereocenters. The molecule has 0 bridgehead atoms. The Morgan fingerprint density at radius 1 is 0.941 bits per heavy atom. The summed E-state index contributed by atoms with van der Waals surface area (Å²) in [5.41, 5.74) is 3.51. The Morgan fingerprint density at radius 2 is 1.82 bits per heavy atom. The third kappa shape index (κ3) is 1.02. The van der Waals surface area contributed by atoms with Gasteiger partial charge >= 0.3 is 0 Å². The lowest BCUT2D eigenvalue weighted by Gasteiger charge is -2.04. The number of rotatable bonds is 0. The van der Waals surface area contributed by atoms with Crippen LogP contribution in [0.4, 0.5) is 0 Å². The first-order chi connectivity index (χ1) is 8.45. The predicted octanol–water partition coefficient (Wildman–Crippen LogP) is 1.83. The van der Waals surface area contributed by atoms with E-state index in [0.29, 0.717) is 0 Å². The van der Waals surface area contributed by atoms with Gasteiger partial charge in [-0.05, 0) is 12.1 Å². The van der Waals surface area contributed by atoms with Crippen molar-refractivity contribution >= 4 is 27.6 Å². The first-order valence-corrected chi connectivity index (χ1v) is 5.24. The normalized spacial score (nSPS) is 11.5. The predicted molar refractivity (Wildman–Crippen MR) is 63.6 cm³/mol. The van der Waals surface area contributed by atoms with Gasteiger partial charge in [0.15, 0.2) is 5.65 Å². The van der Waals surface area contributed by atoms with Gasteiger partial charge in [0.1, 0.15) is 11.8 Å². The van der Waals surface area contributed by atoms with Gasteiger partial charge in [0.25, 0.3) is 0 Å². The number of hydrogen-bond acceptors (Lipinski definition) is 4. The monoisotopic (exact) mass is 221 g/mol. The Labute approximate surface area is 95.8 Å². The first-order valence-electron chi connectivity index (χ1n) is 5.24. The van der Waals surface area contributed by atoms with Gasteiger partial charge in [-0.2, -0.15) is 0 Å². The van der Waals surface area contributed by atoms with E-state index in [1.807, 2.05) is 16.5 Å². The van der Waals surface area contributed by atoms with Crippen LogP contribution in [0.25, 0.3) is 27.6 Å². The molecule has 4 rings (SSSR count). The van der Waals surface area contributed by atoms with Crippen LogP contribution in [0.3, 0.4) is 0 Å². The van der Waals surface area contributed by atoms with Crippen LogP contribution in [0.5, 0.6) is 0 Å². The van der Waals surface area contributed by atoms with Gasteiger partial charge in [-0.25, -0.2) is 9.97 Å². The maximum atomic E-state index is 4.40. The average Bonchev–Trinajstić information content (AvgIpc) is 2.89. The highest BCUT2D eigenvalue weighted by Crippen LogP contribution is 2.24. The summed E-state index contributed by atoms with van der Waals surface area (Å²) in [5, 5.41) is 1.00. The molecule has 5 heteroatoms. The van der Waals surface area contributed by atoms with Gasteiger partial charge in [0.05, 0.1) is 17.2 Å². The van der Waals surface area contributed by atoms with Gasteiger partial charge in [-0.1, -0.05) is 0 Å². The van der Waals surface area contributed by atoms with E-state index in [2.05, 4.69) is 19.9 Å². The zero-order chi connectivity index (χ0) is 11.2. The lowest BCUT2D eigenvalue weighted by Crippen LogP contribution is -1.94. The van der Waals surface area contributed by atoms with Gasteiger partial charge in [-0.15, -0.1) is 0 Å². The molecule has 0 N–H and O–H groups in total. The minimum absolute atomic E-state index is 0.806. The van der Waals surface area contributed by atoms with Crippen molar-refractivity contribution in [3.05, 3.63) is 43.2 Å². The molecule has 0 amide bonds. The summed E-state index contributed by atoms with van der Waals surface area (Å²) in [4.78, 5) is 17.3. The summed E-state index contributed by atoms with van der Waals surface area (Å²) in [6.07, 6.45) is 8.68. The van der Waals surface area contributed by atoms with Gasteiger partial charge in [-0.3, -0.25) is 14.4 Å². The summed E-state index contributed by atoms with van der Waals surface area (Å²) < 4.78 is 1.91. The largest absolute Gasteiger partial charge is 0.280 e. The van der Waals surface area contributed by atoms with Crippen molar-refractivity contribution in [3.63, 3.8) is 0 Å². The Balaban J connectivity index is 2.48. The highest BCUT2D eigenvalue weighted by molar-refractivity contribution is 6.07. The van der Waals surface area contributed by atoms with Crippen LogP contribution < -0.4 is 0 Å². The molecule has 4 aromatic rings. The highest BCUT2D eigenvalue weighted by atomic mass is 15.0. The van der Waals surface area contributed by atoms with Crippen molar-refractivity contribution in [2.45, 2.75) is 0 Å². The molecule has 0 spiro atoms. The molecule has 0 saturated heterocycles. The number of imidazole rings is 1. The van der Waals surface area contributed by atoms with E-state index in [4.69, 9.17) is 0 Å². The maximum Gasteiger partial charge on any atom is 0.165 e. The number of hydrogen-bond donors (Lipinski definition) is 0. The Kier molecular flexibility index (Phi) is 1.50. The van der Waals surface area contributed by atoms with Crippen molar-refractivity contribution in [1.82, 2.24) is 24.3 Å². The molecule has 5 nitrogen and oxygen atoms in total.